The standard InChI is InChI=1S/C25H23NO4S/c26-13-16-4-3-6-17(10-16)18-8-9-23-20(11-18)21(24(14-27)31-23)15-30-22-7-2-1-5-19(22)12-25(28)29/h1-11,27H,12-15,26H2,(H,28,29). The molecule has 0 aliphatic carbocycles. The Bertz CT molecular complexity index is 1230. The first-order valence-electron chi connectivity index (χ1n) is 9.96. The lowest BCUT2D eigenvalue weighted by Crippen LogP contribution is -2.04. The molecular weight excluding hydrogens is 410 g/mol. The molecule has 158 valence electrons. The normalized spacial score (nSPS) is 11.0. The van der Waals surface area contributed by atoms with Gasteiger partial charge < -0.3 is 20.7 Å². The van der Waals surface area contributed by atoms with Crippen molar-refractivity contribution in [3.05, 3.63) is 88.3 Å². The molecule has 31 heavy (non-hydrogen) atoms. The van der Waals surface area contributed by atoms with E-state index >= 15 is 0 Å². The third-order valence-electron chi connectivity index (χ3n) is 5.20. The van der Waals surface area contributed by atoms with Gasteiger partial charge in [0, 0.05) is 32.6 Å². The zero-order valence-corrected chi connectivity index (χ0v) is 17.7. The smallest absolute Gasteiger partial charge is 0.307 e. The van der Waals surface area contributed by atoms with Gasteiger partial charge in [0.05, 0.1) is 13.0 Å². The minimum atomic E-state index is -0.905. The number of hydrogen-bond donors (Lipinski definition) is 3. The van der Waals surface area contributed by atoms with Gasteiger partial charge in [-0.2, -0.15) is 0 Å². The van der Waals surface area contributed by atoms with E-state index in [2.05, 4.69) is 30.3 Å². The molecule has 0 aliphatic heterocycles. The van der Waals surface area contributed by atoms with Crippen LogP contribution in [0.1, 0.15) is 21.6 Å². The average Bonchev–Trinajstić information content (AvgIpc) is 3.15. The van der Waals surface area contributed by atoms with Gasteiger partial charge in [-0.1, -0.05) is 42.5 Å². The monoisotopic (exact) mass is 433 g/mol. The van der Waals surface area contributed by atoms with Gasteiger partial charge in [0.2, 0.25) is 0 Å². The molecule has 0 atom stereocenters. The van der Waals surface area contributed by atoms with Gasteiger partial charge in [-0.05, 0) is 41.0 Å². The van der Waals surface area contributed by atoms with Crippen molar-refractivity contribution in [1.82, 2.24) is 0 Å². The van der Waals surface area contributed by atoms with E-state index < -0.39 is 5.97 Å². The summed E-state index contributed by atoms with van der Waals surface area (Å²) in [7, 11) is 0. The van der Waals surface area contributed by atoms with Crippen molar-refractivity contribution in [2.24, 2.45) is 5.73 Å². The molecule has 1 heterocycles. The second-order valence-electron chi connectivity index (χ2n) is 7.24. The SMILES string of the molecule is NCc1cccc(-c2ccc3sc(CO)c(COc4ccccc4CC(=O)O)c3c2)c1. The van der Waals surface area contributed by atoms with E-state index in [1.54, 1.807) is 29.5 Å². The second kappa shape index (κ2) is 9.31. The van der Waals surface area contributed by atoms with Crippen molar-refractivity contribution in [3.8, 4) is 16.9 Å². The van der Waals surface area contributed by atoms with Crippen LogP contribution >= 0.6 is 11.3 Å². The van der Waals surface area contributed by atoms with Gasteiger partial charge in [-0.25, -0.2) is 0 Å². The van der Waals surface area contributed by atoms with Gasteiger partial charge in [0.1, 0.15) is 12.4 Å². The molecule has 6 heteroatoms. The van der Waals surface area contributed by atoms with Crippen molar-refractivity contribution in [2.45, 2.75) is 26.2 Å². The fraction of sp³-hybridized carbons (Fsp3) is 0.160. The van der Waals surface area contributed by atoms with E-state index in [-0.39, 0.29) is 19.6 Å². The number of aliphatic hydroxyl groups is 1. The number of hydrogen-bond acceptors (Lipinski definition) is 5. The van der Waals surface area contributed by atoms with Crippen molar-refractivity contribution in [3.63, 3.8) is 0 Å². The lowest BCUT2D eigenvalue weighted by atomic mass is 10.0. The number of ether oxygens (including phenoxy) is 1. The summed E-state index contributed by atoms with van der Waals surface area (Å²) < 4.78 is 7.10. The summed E-state index contributed by atoms with van der Waals surface area (Å²) in [6.07, 6.45) is -0.102. The Morgan fingerprint density at radius 3 is 2.58 bits per heavy atom. The van der Waals surface area contributed by atoms with Crippen molar-refractivity contribution in [2.75, 3.05) is 0 Å². The number of rotatable bonds is 8. The van der Waals surface area contributed by atoms with Crippen molar-refractivity contribution in [1.29, 1.82) is 0 Å². The number of para-hydroxylation sites is 1. The Morgan fingerprint density at radius 2 is 1.81 bits per heavy atom. The lowest BCUT2D eigenvalue weighted by Gasteiger charge is -2.11. The predicted molar refractivity (Wildman–Crippen MR) is 123 cm³/mol. The van der Waals surface area contributed by atoms with Crippen molar-refractivity contribution < 1.29 is 19.7 Å². The topological polar surface area (TPSA) is 92.8 Å². The van der Waals surface area contributed by atoms with Crippen LogP contribution in [-0.4, -0.2) is 16.2 Å². The van der Waals surface area contributed by atoms with E-state index in [4.69, 9.17) is 15.6 Å². The summed E-state index contributed by atoms with van der Waals surface area (Å²) in [6, 6.07) is 21.5. The van der Waals surface area contributed by atoms with E-state index in [9.17, 15) is 9.90 Å². The quantitative estimate of drug-likeness (QED) is 0.374. The number of nitrogens with two attached hydrogens (primary N) is 1. The number of carboxylic acids is 1. The van der Waals surface area contributed by atoms with Crippen molar-refractivity contribution >= 4 is 27.4 Å². The maximum absolute atomic E-state index is 11.2. The van der Waals surface area contributed by atoms with E-state index in [1.807, 2.05) is 18.2 Å². The minimum absolute atomic E-state index is 0.0766. The first kappa shape index (κ1) is 21.1. The Hall–Kier alpha value is -3.19. The van der Waals surface area contributed by atoms with Crippen LogP contribution in [0.4, 0.5) is 0 Å². The Balaban J connectivity index is 1.69. The summed E-state index contributed by atoms with van der Waals surface area (Å²) in [5, 5.41) is 20.1. The molecule has 0 unspecified atom stereocenters. The Labute approximate surface area is 184 Å². The van der Waals surface area contributed by atoms with E-state index in [0.717, 1.165) is 37.2 Å². The fourth-order valence-corrected chi connectivity index (χ4v) is 4.70. The van der Waals surface area contributed by atoms with E-state index in [0.29, 0.717) is 17.9 Å². The van der Waals surface area contributed by atoms with Crippen LogP contribution in [0.15, 0.2) is 66.7 Å². The van der Waals surface area contributed by atoms with Crippen LogP contribution in [0.5, 0.6) is 5.75 Å². The molecule has 5 nitrogen and oxygen atoms in total. The van der Waals surface area contributed by atoms with Gasteiger partial charge in [-0.3, -0.25) is 4.79 Å². The summed E-state index contributed by atoms with van der Waals surface area (Å²) in [5.41, 5.74) is 10.6. The van der Waals surface area contributed by atoms with E-state index in [1.165, 1.54) is 0 Å². The van der Waals surface area contributed by atoms with Gasteiger partial charge >= 0.3 is 5.97 Å². The molecule has 0 bridgehead atoms. The summed E-state index contributed by atoms with van der Waals surface area (Å²) >= 11 is 1.54. The highest BCUT2D eigenvalue weighted by atomic mass is 32.1. The number of benzene rings is 3. The molecule has 1 aromatic heterocycles. The molecule has 0 spiro atoms. The van der Waals surface area contributed by atoms with Gasteiger partial charge in [-0.15, -0.1) is 11.3 Å². The highest BCUT2D eigenvalue weighted by Gasteiger charge is 2.15. The van der Waals surface area contributed by atoms with Crippen LogP contribution in [0.3, 0.4) is 0 Å². The third-order valence-corrected chi connectivity index (χ3v) is 6.40. The number of thiophene rings is 1. The van der Waals surface area contributed by atoms with Crippen LogP contribution in [-0.2, 0) is 31.0 Å². The molecule has 0 aliphatic rings. The van der Waals surface area contributed by atoms with Crippen LogP contribution in [0, 0.1) is 0 Å². The second-order valence-corrected chi connectivity index (χ2v) is 8.38. The average molecular weight is 434 g/mol. The summed E-state index contributed by atoms with van der Waals surface area (Å²) in [6.45, 7) is 0.656. The number of carboxylic acid groups (broad SMARTS) is 1. The number of carbonyl (C=O) groups is 1. The first-order chi connectivity index (χ1) is 15.1. The summed E-state index contributed by atoms with van der Waals surface area (Å²) in [5.74, 6) is -0.364. The molecular formula is C25H23NO4S. The zero-order valence-electron chi connectivity index (χ0n) is 16.9. The van der Waals surface area contributed by atoms with Crippen LogP contribution in [0.2, 0.25) is 0 Å². The molecule has 4 aromatic rings. The zero-order chi connectivity index (χ0) is 21.8. The maximum atomic E-state index is 11.2. The largest absolute Gasteiger partial charge is 0.489 e. The Kier molecular flexibility index (Phi) is 6.32. The molecule has 0 radical (unpaired) electrons. The molecule has 0 fully saturated rings. The molecule has 3 aromatic carbocycles. The highest BCUT2D eigenvalue weighted by molar-refractivity contribution is 7.19. The number of aliphatic hydroxyl groups excluding tert-OH is 1. The third kappa shape index (κ3) is 4.61. The lowest BCUT2D eigenvalue weighted by molar-refractivity contribution is -0.136. The van der Waals surface area contributed by atoms with Crippen LogP contribution in [0.25, 0.3) is 21.2 Å². The molecule has 4 N–H and O–H groups in total. The summed E-state index contributed by atoms with van der Waals surface area (Å²) in [4.78, 5) is 12.0. The minimum Gasteiger partial charge on any atom is -0.489 e. The highest BCUT2D eigenvalue weighted by Crippen LogP contribution is 2.36. The van der Waals surface area contributed by atoms with Crippen LogP contribution < -0.4 is 10.5 Å². The predicted octanol–water partition coefficient (Wildman–Crippen LogP) is 4.73. The molecule has 0 amide bonds. The van der Waals surface area contributed by atoms with Gasteiger partial charge in [0.15, 0.2) is 0 Å². The fourth-order valence-electron chi connectivity index (χ4n) is 3.65. The number of fused-ring (bicyclic) bond motifs is 1. The van der Waals surface area contributed by atoms with Gasteiger partial charge in [0.25, 0.3) is 0 Å². The first-order valence-corrected chi connectivity index (χ1v) is 10.8. The maximum Gasteiger partial charge on any atom is 0.307 e. The molecule has 0 saturated carbocycles. The number of aliphatic carboxylic acids is 1. The molecule has 4 rings (SSSR count). The Morgan fingerprint density at radius 1 is 1.00 bits per heavy atom. The molecule has 0 saturated heterocycles.